The number of ether oxygens (including phenoxy) is 3. The molecular weight excluding hydrogens is 353 g/mol. The second-order valence-corrected chi connectivity index (χ2v) is 5.87. The highest BCUT2D eigenvalue weighted by molar-refractivity contribution is 5.90. The molecule has 0 bridgehead atoms. The van der Waals surface area contributed by atoms with Crippen LogP contribution in [0.15, 0.2) is 48.5 Å². The fourth-order valence-electron chi connectivity index (χ4n) is 2.39. The van der Waals surface area contributed by atoms with Crippen LogP contribution in [0.2, 0.25) is 0 Å². The zero-order valence-corrected chi connectivity index (χ0v) is 14.6. The van der Waals surface area contributed by atoms with Crippen molar-refractivity contribution in [2.75, 3.05) is 6.79 Å². The van der Waals surface area contributed by atoms with Crippen molar-refractivity contribution in [1.82, 2.24) is 5.32 Å². The van der Waals surface area contributed by atoms with Crippen molar-refractivity contribution < 1.29 is 28.2 Å². The minimum atomic E-state index is -0.954. The molecule has 2 aromatic rings. The molecule has 7 heteroatoms. The minimum Gasteiger partial charge on any atom is -0.454 e. The fourth-order valence-corrected chi connectivity index (χ4v) is 2.39. The summed E-state index contributed by atoms with van der Waals surface area (Å²) in [5.41, 5.74) is 1.48. The van der Waals surface area contributed by atoms with E-state index in [1.165, 1.54) is 43.3 Å². The first-order chi connectivity index (χ1) is 13.0. The molecule has 1 heterocycles. The van der Waals surface area contributed by atoms with Crippen molar-refractivity contribution in [1.29, 1.82) is 0 Å². The predicted octanol–water partition coefficient (Wildman–Crippen LogP) is 2.82. The van der Waals surface area contributed by atoms with Crippen LogP contribution >= 0.6 is 0 Å². The van der Waals surface area contributed by atoms with Gasteiger partial charge < -0.3 is 19.5 Å². The van der Waals surface area contributed by atoms with Gasteiger partial charge in [0.15, 0.2) is 17.6 Å². The Kier molecular flexibility index (Phi) is 5.71. The van der Waals surface area contributed by atoms with Crippen LogP contribution < -0.4 is 14.8 Å². The molecule has 0 unspecified atom stereocenters. The van der Waals surface area contributed by atoms with Crippen molar-refractivity contribution in [3.05, 3.63) is 65.5 Å². The molecule has 27 heavy (non-hydrogen) atoms. The summed E-state index contributed by atoms with van der Waals surface area (Å²) in [7, 11) is 0. The van der Waals surface area contributed by atoms with Gasteiger partial charge in [0.05, 0.1) is 0 Å². The summed E-state index contributed by atoms with van der Waals surface area (Å²) in [5, 5.41) is 2.70. The number of halogens is 1. The van der Waals surface area contributed by atoms with Crippen molar-refractivity contribution >= 4 is 18.0 Å². The summed E-state index contributed by atoms with van der Waals surface area (Å²) in [6, 6.07) is 11.0. The monoisotopic (exact) mass is 371 g/mol. The number of esters is 1. The Labute approximate surface area is 155 Å². The highest BCUT2D eigenvalue weighted by Gasteiger charge is 2.17. The molecule has 1 N–H and O–H groups in total. The van der Waals surface area contributed by atoms with Gasteiger partial charge in [-0.05, 0) is 48.4 Å². The maximum atomic E-state index is 12.8. The van der Waals surface area contributed by atoms with E-state index in [1.54, 1.807) is 12.1 Å². The van der Waals surface area contributed by atoms with Gasteiger partial charge in [0.25, 0.3) is 5.91 Å². The largest absolute Gasteiger partial charge is 0.454 e. The first-order valence-corrected chi connectivity index (χ1v) is 8.32. The Morgan fingerprint density at radius 2 is 1.93 bits per heavy atom. The Balaban J connectivity index is 1.47. The van der Waals surface area contributed by atoms with E-state index in [4.69, 9.17) is 14.2 Å². The van der Waals surface area contributed by atoms with Crippen LogP contribution in [0.3, 0.4) is 0 Å². The molecule has 0 saturated heterocycles. The molecule has 0 radical (unpaired) electrons. The highest BCUT2D eigenvalue weighted by Crippen LogP contribution is 2.32. The van der Waals surface area contributed by atoms with Gasteiger partial charge in [-0.2, -0.15) is 0 Å². The SMILES string of the molecule is C[C@@H](OC(=O)/C=C/c1ccc(F)cc1)C(=O)NCc1ccc2c(c1)OCO2. The molecule has 1 aliphatic rings. The molecule has 0 saturated carbocycles. The van der Waals surface area contributed by atoms with Gasteiger partial charge in [-0.15, -0.1) is 0 Å². The Morgan fingerprint density at radius 3 is 2.70 bits per heavy atom. The van der Waals surface area contributed by atoms with E-state index < -0.39 is 18.0 Å². The summed E-state index contributed by atoms with van der Waals surface area (Å²) in [6.07, 6.45) is 1.72. The van der Waals surface area contributed by atoms with Gasteiger partial charge >= 0.3 is 5.97 Å². The molecule has 6 nitrogen and oxygen atoms in total. The maximum absolute atomic E-state index is 12.8. The lowest BCUT2D eigenvalue weighted by Gasteiger charge is -2.12. The third-order valence-corrected chi connectivity index (χ3v) is 3.85. The number of hydrogen-bond donors (Lipinski definition) is 1. The summed E-state index contributed by atoms with van der Waals surface area (Å²) in [4.78, 5) is 23.9. The second kappa shape index (κ2) is 8.35. The van der Waals surface area contributed by atoms with E-state index >= 15 is 0 Å². The predicted molar refractivity (Wildman–Crippen MR) is 95.4 cm³/mol. The highest BCUT2D eigenvalue weighted by atomic mass is 19.1. The van der Waals surface area contributed by atoms with Gasteiger partial charge in [0.1, 0.15) is 5.82 Å². The molecule has 3 rings (SSSR count). The summed E-state index contributed by atoms with van der Waals surface area (Å²) < 4.78 is 28.4. The molecule has 0 aliphatic carbocycles. The van der Waals surface area contributed by atoms with Crippen LogP contribution in [-0.2, 0) is 20.9 Å². The molecule has 1 amide bonds. The van der Waals surface area contributed by atoms with Crippen LogP contribution in [0.1, 0.15) is 18.1 Å². The first-order valence-electron chi connectivity index (χ1n) is 8.32. The summed E-state index contributed by atoms with van der Waals surface area (Å²) in [6.45, 7) is 1.94. The number of nitrogens with one attached hydrogen (secondary N) is 1. The summed E-state index contributed by atoms with van der Waals surface area (Å²) >= 11 is 0. The standard InChI is InChI=1S/C20H18FNO5/c1-13(27-19(23)9-5-14-2-6-16(21)7-3-14)20(24)22-11-15-4-8-17-18(10-15)26-12-25-17/h2-10,13H,11-12H2,1H3,(H,22,24)/b9-5+/t13-/m1/s1. The van der Waals surface area contributed by atoms with Gasteiger partial charge in [0, 0.05) is 12.6 Å². The van der Waals surface area contributed by atoms with Crippen molar-refractivity contribution in [3.63, 3.8) is 0 Å². The average molecular weight is 371 g/mol. The van der Waals surface area contributed by atoms with Gasteiger partial charge in [-0.1, -0.05) is 18.2 Å². The van der Waals surface area contributed by atoms with Crippen LogP contribution in [0.4, 0.5) is 4.39 Å². The van der Waals surface area contributed by atoms with E-state index in [2.05, 4.69) is 5.32 Å². The quantitative estimate of drug-likeness (QED) is 0.624. The summed E-state index contributed by atoms with van der Waals surface area (Å²) in [5.74, 6) is -0.142. The van der Waals surface area contributed by atoms with Crippen LogP contribution in [0.5, 0.6) is 11.5 Å². The maximum Gasteiger partial charge on any atom is 0.331 e. The zero-order valence-electron chi connectivity index (χ0n) is 14.6. The van der Waals surface area contributed by atoms with Crippen molar-refractivity contribution in [2.24, 2.45) is 0 Å². The first kappa shape index (κ1) is 18.4. The van der Waals surface area contributed by atoms with E-state index in [9.17, 15) is 14.0 Å². The van der Waals surface area contributed by atoms with Gasteiger partial charge in [0.2, 0.25) is 6.79 Å². The number of carbonyl (C=O) groups excluding carboxylic acids is 2. The van der Waals surface area contributed by atoms with E-state index in [0.29, 0.717) is 17.1 Å². The van der Waals surface area contributed by atoms with Crippen LogP contribution in [0.25, 0.3) is 6.08 Å². The lowest BCUT2D eigenvalue weighted by Crippen LogP contribution is -2.35. The number of amides is 1. The van der Waals surface area contributed by atoms with Crippen LogP contribution in [0, 0.1) is 5.82 Å². The number of hydrogen-bond acceptors (Lipinski definition) is 5. The Morgan fingerprint density at radius 1 is 1.19 bits per heavy atom. The molecule has 1 atom stereocenters. The fraction of sp³-hybridized carbons (Fsp3) is 0.200. The van der Waals surface area contributed by atoms with Gasteiger partial charge in [-0.3, -0.25) is 4.79 Å². The molecule has 2 aromatic carbocycles. The normalized spacial score (nSPS) is 13.4. The lowest BCUT2D eigenvalue weighted by atomic mass is 10.2. The number of benzene rings is 2. The van der Waals surface area contributed by atoms with Crippen LogP contribution in [-0.4, -0.2) is 24.8 Å². The zero-order chi connectivity index (χ0) is 19.2. The number of carbonyl (C=O) groups is 2. The molecule has 0 spiro atoms. The van der Waals surface area contributed by atoms with Crippen molar-refractivity contribution in [3.8, 4) is 11.5 Å². The second-order valence-electron chi connectivity index (χ2n) is 5.87. The molecular formula is C20H18FNO5. The molecule has 1 aliphatic heterocycles. The lowest BCUT2D eigenvalue weighted by molar-refractivity contribution is -0.150. The molecule has 140 valence electrons. The third-order valence-electron chi connectivity index (χ3n) is 3.85. The molecule has 0 fully saturated rings. The minimum absolute atomic E-state index is 0.184. The number of rotatable bonds is 6. The van der Waals surface area contributed by atoms with E-state index in [1.807, 2.05) is 6.07 Å². The Hall–Kier alpha value is -3.35. The number of fused-ring (bicyclic) bond motifs is 1. The van der Waals surface area contributed by atoms with E-state index in [0.717, 1.165) is 5.56 Å². The topological polar surface area (TPSA) is 73.9 Å². The smallest absolute Gasteiger partial charge is 0.331 e. The molecule has 0 aromatic heterocycles. The van der Waals surface area contributed by atoms with Crippen molar-refractivity contribution in [2.45, 2.75) is 19.6 Å². The average Bonchev–Trinajstić information content (AvgIpc) is 3.13. The third kappa shape index (κ3) is 5.07. The Bertz CT molecular complexity index is 863. The van der Waals surface area contributed by atoms with E-state index in [-0.39, 0.29) is 19.2 Å². The van der Waals surface area contributed by atoms with Gasteiger partial charge in [-0.25, -0.2) is 9.18 Å².